The van der Waals surface area contributed by atoms with Crippen LogP contribution in [0.1, 0.15) is 33.6 Å². The van der Waals surface area contributed by atoms with Crippen LogP contribution in [0.15, 0.2) is 0 Å². The van der Waals surface area contributed by atoms with Crippen molar-refractivity contribution in [1.82, 2.24) is 5.32 Å². The fourth-order valence-corrected chi connectivity index (χ4v) is 1.08. The van der Waals surface area contributed by atoms with E-state index in [2.05, 4.69) is 19.2 Å². The Balaban J connectivity index is 3.01. The quantitative estimate of drug-likeness (QED) is 0.458. The molecule has 96 valence electrons. The average molecular weight is 231 g/mol. The zero-order valence-corrected chi connectivity index (χ0v) is 10.8. The monoisotopic (exact) mass is 231 g/mol. The van der Waals surface area contributed by atoms with Gasteiger partial charge in [0, 0.05) is 13.0 Å². The largest absolute Gasteiger partial charge is 0.463 e. The fourth-order valence-electron chi connectivity index (χ4n) is 1.08. The number of ether oxygens (including phenoxy) is 2. The number of rotatable bonds is 10. The number of esters is 1. The lowest BCUT2D eigenvalue weighted by molar-refractivity contribution is -0.144. The Bertz CT molecular complexity index is 172. The van der Waals surface area contributed by atoms with Crippen molar-refractivity contribution < 1.29 is 14.3 Å². The van der Waals surface area contributed by atoms with E-state index in [0.29, 0.717) is 26.2 Å². The van der Waals surface area contributed by atoms with E-state index in [9.17, 15) is 4.79 Å². The van der Waals surface area contributed by atoms with Gasteiger partial charge in [0.1, 0.15) is 6.61 Å². The highest BCUT2D eigenvalue weighted by atomic mass is 16.6. The molecule has 4 heteroatoms. The molecule has 0 fully saturated rings. The first-order valence-electron chi connectivity index (χ1n) is 6.10. The Labute approximate surface area is 98.7 Å². The molecule has 0 rings (SSSR count). The molecular formula is C12H25NO3. The maximum Gasteiger partial charge on any atom is 0.305 e. The number of nitrogens with one attached hydrogen (secondary N) is 1. The lowest BCUT2D eigenvalue weighted by Gasteiger charge is -2.07. The molecule has 0 bridgehead atoms. The van der Waals surface area contributed by atoms with Gasteiger partial charge in [-0.25, -0.2) is 0 Å². The zero-order chi connectivity index (χ0) is 12.2. The molecule has 0 saturated heterocycles. The summed E-state index contributed by atoms with van der Waals surface area (Å²) in [4.78, 5) is 10.8. The Morgan fingerprint density at radius 2 is 1.94 bits per heavy atom. The number of carbonyl (C=O) groups excluding carboxylic acids is 1. The van der Waals surface area contributed by atoms with Crippen molar-refractivity contribution in [2.45, 2.75) is 33.6 Å². The molecule has 0 radical (unpaired) electrons. The Kier molecular flexibility index (Phi) is 10.5. The van der Waals surface area contributed by atoms with Crippen LogP contribution in [-0.4, -0.2) is 38.9 Å². The molecule has 0 unspecified atom stereocenters. The first kappa shape index (κ1) is 15.4. The molecule has 0 heterocycles. The summed E-state index contributed by atoms with van der Waals surface area (Å²) in [6, 6.07) is 0. The van der Waals surface area contributed by atoms with Crippen molar-refractivity contribution in [3.8, 4) is 0 Å². The molecule has 4 nitrogen and oxygen atoms in total. The number of hydrogen-bond donors (Lipinski definition) is 1. The predicted octanol–water partition coefficient (Wildman–Crippen LogP) is 1.59. The van der Waals surface area contributed by atoms with E-state index in [1.807, 2.05) is 0 Å². The van der Waals surface area contributed by atoms with E-state index in [1.54, 1.807) is 6.92 Å². The highest BCUT2D eigenvalue weighted by molar-refractivity contribution is 5.68. The summed E-state index contributed by atoms with van der Waals surface area (Å²) in [6.45, 7) is 9.60. The van der Waals surface area contributed by atoms with Crippen LogP contribution in [-0.2, 0) is 14.3 Å². The zero-order valence-electron chi connectivity index (χ0n) is 10.8. The van der Waals surface area contributed by atoms with Gasteiger partial charge in [0.05, 0.1) is 13.2 Å². The molecule has 0 aromatic rings. The molecule has 0 aromatic carbocycles. The lowest BCUT2D eigenvalue weighted by Crippen LogP contribution is -2.22. The maximum atomic E-state index is 10.8. The minimum absolute atomic E-state index is 0.168. The van der Waals surface area contributed by atoms with Gasteiger partial charge in [0.15, 0.2) is 0 Å². The van der Waals surface area contributed by atoms with Crippen LogP contribution < -0.4 is 5.32 Å². The van der Waals surface area contributed by atoms with Crippen LogP contribution in [0, 0.1) is 5.92 Å². The molecular weight excluding hydrogens is 206 g/mol. The topological polar surface area (TPSA) is 47.6 Å². The van der Waals surface area contributed by atoms with Crippen molar-refractivity contribution in [3.05, 3.63) is 0 Å². The highest BCUT2D eigenvalue weighted by Gasteiger charge is 1.97. The minimum Gasteiger partial charge on any atom is -0.463 e. The Morgan fingerprint density at radius 1 is 1.19 bits per heavy atom. The van der Waals surface area contributed by atoms with E-state index in [-0.39, 0.29) is 5.97 Å². The normalized spacial score (nSPS) is 10.8. The molecule has 0 atom stereocenters. The third-order valence-electron chi connectivity index (χ3n) is 2.10. The summed E-state index contributed by atoms with van der Waals surface area (Å²) in [5.41, 5.74) is 0. The van der Waals surface area contributed by atoms with Crippen LogP contribution >= 0.6 is 0 Å². The van der Waals surface area contributed by atoms with Gasteiger partial charge < -0.3 is 14.8 Å². The van der Waals surface area contributed by atoms with Crippen LogP contribution in [0.5, 0.6) is 0 Å². The maximum absolute atomic E-state index is 10.8. The fraction of sp³-hybridized carbons (Fsp3) is 0.917. The van der Waals surface area contributed by atoms with Crippen molar-refractivity contribution in [1.29, 1.82) is 0 Å². The third-order valence-corrected chi connectivity index (χ3v) is 2.10. The first-order chi connectivity index (χ1) is 7.66. The van der Waals surface area contributed by atoms with Gasteiger partial charge in [0.25, 0.3) is 0 Å². The van der Waals surface area contributed by atoms with Crippen molar-refractivity contribution >= 4 is 5.97 Å². The summed E-state index contributed by atoms with van der Waals surface area (Å²) in [5, 5.41) is 3.29. The molecule has 0 aliphatic rings. The van der Waals surface area contributed by atoms with Gasteiger partial charge in [-0.2, -0.15) is 0 Å². The van der Waals surface area contributed by atoms with Gasteiger partial charge in [-0.15, -0.1) is 0 Å². The van der Waals surface area contributed by atoms with E-state index in [0.717, 1.165) is 19.0 Å². The number of carbonyl (C=O) groups is 1. The second kappa shape index (κ2) is 10.9. The standard InChI is InChI=1S/C12H25NO3/c1-4-12(14)16-10-9-15-8-7-13-6-5-11(2)3/h11,13H,4-10H2,1-3H3. The Morgan fingerprint density at radius 3 is 2.56 bits per heavy atom. The van der Waals surface area contributed by atoms with Gasteiger partial charge >= 0.3 is 5.97 Å². The van der Waals surface area contributed by atoms with Gasteiger partial charge in [-0.1, -0.05) is 20.8 Å². The minimum atomic E-state index is -0.168. The van der Waals surface area contributed by atoms with E-state index >= 15 is 0 Å². The second-order valence-corrected chi connectivity index (χ2v) is 4.12. The highest BCUT2D eigenvalue weighted by Crippen LogP contribution is 1.95. The van der Waals surface area contributed by atoms with Crippen molar-refractivity contribution in [3.63, 3.8) is 0 Å². The van der Waals surface area contributed by atoms with Crippen LogP contribution in [0.3, 0.4) is 0 Å². The predicted molar refractivity (Wildman–Crippen MR) is 64.4 cm³/mol. The smallest absolute Gasteiger partial charge is 0.305 e. The van der Waals surface area contributed by atoms with Crippen LogP contribution in [0.4, 0.5) is 0 Å². The summed E-state index contributed by atoms with van der Waals surface area (Å²) < 4.78 is 10.2. The Hall–Kier alpha value is -0.610. The molecule has 1 N–H and O–H groups in total. The first-order valence-corrected chi connectivity index (χ1v) is 6.10. The van der Waals surface area contributed by atoms with Crippen LogP contribution in [0.2, 0.25) is 0 Å². The molecule has 0 aliphatic heterocycles. The molecule has 16 heavy (non-hydrogen) atoms. The van der Waals surface area contributed by atoms with E-state index in [1.165, 1.54) is 6.42 Å². The summed E-state index contributed by atoms with van der Waals surface area (Å²) >= 11 is 0. The van der Waals surface area contributed by atoms with E-state index in [4.69, 9.17) is 9.47 Å². The molecule has 0 spiro atoms. The third kappa shape index (κ3) is 11.5. The SMILES string of the molecule is CCC(=O)OCCOCCNCCC(C)C. The van der Waals surface area contributed by atoms with Gasteiger partial charge in [-0.05, 0) is 18.9 Å². The second-order valence-electron chi connectivity index (χ2n) is 4.12. The number of hydrogen-bond acceptors (Lipinski definition) is 4. The molecule has 0 saturated carbocycles. The van der Waals surface area contributed by atoms with Crippen molar-refractivity contribution in [2.24, 2.45) is 5.92 Å². The molecule has 0 amide bonds. The lowest BCUT2D eigenvalue weighted by atomic mass is 10.1. The summed E-state index contributed by atoms with van der Waals surface area (Å²) in [6.07, 6.45) is 1.62. The molecule has 0 aromatic heterocycles. The average Bonchev–Trinajstić information content (AvgIpc) is 2.26. The van der Waals surface area contributed by atoms with Crippen molar-refractivity contribution in [2.75, 3.05) is 32.9 Å². The summed E-state index contributed by atoms with van der Waals surface area (Å²) in [5.74, 6) is 0.570. The van der Waals surface area contributed by atoms with Crippen LogP contribution in [0.25, 0.3) is 0 Å². The van der Waals surface area contributed by atoms with Gasteiger partial charge in [0.2, 0.25) is 0 Å². The molecule has 0 aliphatic carbocycles. The summed E-state index contributed by atoms with van der Waals surface area (Å²) in [7, 11) is 0. The van der Waals surface area contributed by atoms with Gasteiger partial charge in [-0.3, -0.25) is 4.79 Å². The van der Waals surface area contributed by atoms with E-state index < -0.39 is 0 Å².